The third-order valence-electron chi connectivity index (χ3n) is 1.83. The molecule has 0 aromatic heterocycles. The maximum atomic E-state index is 11.4. The van der Waals surface area contributed by atoms with E-state index >= 15 is 0 Å². The zero-order valence-electron chi connectivity index (χ0n) is 9.66. The summed E-state index contributed by atoms with van der Waals surface area (Å²) in [6, 6.07) is 7.15. The molecule has 0 spiro atoms. The van der Waals surface area contributed by atoms with Gasteiger partial charge in [0.25, 0.3) is 0 Å². The smallest absolute Gasteiger partial charge is 0.238 e. The Morgan fingerprint density at radius 1 is 1.59 bits per heavy atom. The highest BCUT2D eigenvalue weighted by molar-refractivity contribution is 8.00. The van der Waals surface area contributed by atoms with Gasteiger partial charge in [-0.2, -0.15) is 5.26 Å². The summed E-state index contributed by atoms with van der Waals surface area (Å²) in [5.74, 6) is -0.319. The molecule has 1 N–H and O–H groups in total. The number of rotatable bonds is 4. The Labute approximate surface area is 110 Å². The number of hydrogen-bond donors (Lipinski definition) is 1. The van der Waals surface area contributed by atoms with E-state index in [-0.39, 0.29) is 12.3 Å². The first-order chi connectivity index (χ1) is 8.04. The van der Waals surface area contributed by atoms with Crippen molar-refractivity contribution in [2.24, 2.45) is 0 Å². The predicted octanol–water partition coefficient (Wildman–Crippen LogP) is 3.69. The monoisotopic (exact) mass is 268 g/mol. The van der Waals surface area contributed by atoms with Crippen molar-refractivity contribution in [3.8, 4) is 6.07 Å². The Morgan fingerprint density at radius 3 is 2.88 bits per heavy atom. The van der Waals surface area contributed by atoms with Gasteiger partial charge in [-0.3, -0.25) is 4.79 Å². The van der Waals surface area contributed by atoms with Crippen molar-refractivity contribution in [1.29, 1.82) is 5.26 Å². The SMILES string of the molecule is CC(C)Sc1c(Cl)cccc1NC(=O)CC#N. The number of nitrogens with one attached hydrogen (secondary N) is 1. The van der Waals surface area contributed by atoms with Crippen LogP contribution in [-0.2, 0) is 4.79 Å². The number of amides is 1. The number of carbonyl (C=O) groups excluding carboxylic acids is 1. The molecule has 3 nitrogen and oxygen atoms in total. The van der Waals surface area contributed by atoms with Crippen LogP contribution in [0.15, 0.2) is 23.1 Å². The van der Waals surface area contributed by atoms with Crippen molar-refractivity contribution in [1.82, 2.24) is 0 Å². The fourth-order valence-electron chi connectivity index (χ4n) is 1.23. The highest BCUT2D eigenvalue weighted by Gasteiger charge is 2.11. The molecule has 1 aromatic carbocycles. The van der Waals surface area contributed by atoms with Crippen LogP contribution in [0.4, 0.5) is 5.69 Å². The number of thioether (sulfide) groups is 1. The van der Waals surface area contributed by atoms with Gasteiger partial charge in [0.05, 0.1) is 16.8 Å². The summed E-state index contributed by atoms with van der Waals surface area (Å²) in [5, 5.41) is 12.1. The van der Waals surface area contributed by atoms with E-state index in [0.717, 1.165) is 4.90 Å². The highest BCUT2D eigenvalue weighted by Crippen LogP contribution is 2.36. The minimum Gasteiger partial charge on any atom is -0.324 e. The van der Waals surface area contributed by atoms with Gasteiger partial charge in [0.2, 0.25) is 5.91 Å². The maximum absolute atomic E-state index is 11.4. The fraction of sp³-hybridized carbons (Fsp3) is 0.333. The molecule has 0 aliphatic rings. The molecule has 0 aliphatic heterocycles. The van der Waals surface area contributed by atoms with E-state index in [9.17, 15) is 4.79 Å². The molecule has 0 fully saturated rings. The molecular formula is C12H13ClN2OS. The van der Waals surface area contributed by atoms with Crippen LogP contribution in [-0.4, -0.2) is 11.2 Å². The molecule has 0 saturated carbocycles. The van der Waals surface area contributed by atoms with Gasteiger partial charge in [-0.1, -0.05) is 31.5 Å². The molecule has 0 saturated heterocycles. The molecule has 90 valence electrons. The summed E-state index contributed by atoms with van der Waals surface area (Å²) in [6.07, 6.45) is -0.154. The second-order valence-electron chi connectivity index (χ2n) is 3.67. The van der Waals surface area contributed by atoms with Gasteiger partial charge in [0, 0.05) is 10.1 Å². The second-order valence-corrected chi connectivity index (χ2v) is 5.66. The maximum Gasteiger partial charge on any atom is 0.238 e. The fourth-order valence-corrected chi connectivity index (χ4v) is 2.44. The Morgan fingerprint density at radius 2 is 2.29 bits per heavy atom. The van der Waals surface area contributed by atoms with Gasteiger partial charge in [-0.25, -0.2) is 0 Å². The highest BCUT2D eigenvalue weighted by atomic mass is 35.5. The number of nitriles is 1. The normalized spacial score (nSPS) is 10.1. The number of nitrogens with zero attached hydrogens (tertiary/aromatic N) is 1. The first-order valence-corrected chi connectivity index (χ1v) is 6.42. The summed E-state index contributed by atoms with van der Waals surface area (Å²) in [4.78, 5) is 12.2. The lowest BCUT2D eigenvalue weighted by Crippen LogP contribution is -2.11. The minimum absolute atomic E-state index is 0.154. The van der Waals surface area contributed by atoms with Crippen molar-refractivity contribution in [2.45, 2.75) is 30.4 Å². The van der Waals surface area contributed by atoms with Crippen molar-refractivity contribution in [2.75, 3.05) is 5.32 Å². The quantitative estimate of drug-likeness (QED) is 0.848. The van der Waals surface area contributed by atoms with Gasteiger partial charge in [0.15, 0.2) is 0 Å². The van der Waals surface area contributed by atoms with E-state index in [2.05, 4.69) is 19.2 Å². The standard InChI is InChI=1S/C12H13ClN2OS/c1-8(2)17-12-9(13)4-3-5-10(12)15-11(16)6-7-14/h3-5,8H,6H2,1-2H3,(H,15,16). The summed E-state index contributed by atoms with van der Waals surface area (Å²) in [6.45, 7) is 4.10. The lowest BCUT2D eigenvalue weighted by atomic mass is 10.3. The number of carbonyl (C=O) groups is 1. The molecule has 1 amide bonds. The van der Waals surface area contributed by atoms with E-state index in [1.165, 1.54) is 0 Å². The lowest BCUT2D eigenvalue weighted by molar-refractivity contribution is -0.115. The molecule has 5 heteroatoms. The van der Waals surface area contributed by atoms with Crippen LogP contribution in [0, 0.1) is 11.3 Å². The zero-order chi connectivity index (χ0) is 12.8. The molecule has 0 heterocycles. The van der Waals surface area contributed by atoms with Crippen LogP contribution >= 0.6 is 23.4 Å². The van der Waals surface area contributed by atoms with Crippen molar-refractivity contribution in [3.05, 3.63) is 23.2 Å². The average Bonchev–Trinajstić information content (AvgIpc) is 2.23. The van der Waals surface area contributed by atoms with Crippen LogP contribution < -0.4 is 5.32 Å². The Kier molecular flexibility index (Phi) is 5.33. The second kappa shape index (κ2) is 6.53. The summed E-state index contributed by atoms with van der Waals surface area (Å²) in [5.41, 5.74) is 0.663. The van der Waals surface area contributed by atoms with E-state index in [0.29, 0.717) is 16.0 Å². The summed E-state index contributed by atoms with van der Waals surface area (Å²) < 4.78 is 0. The third-order valence-corrected chi connectivity index (χ3v) is 3.41. The van der Waals surface area contributed by atoms with E-state index in [1.807, 2.05) is 6.07 Å². The average molecular weight is 269 g/mol. The van der Waals surface area contributed by atoms with E-state index < -0.39 is 0 Å². The molecule has 0 unspecified atom stereocenters. The Balaban J connectivity index is 2.94. The molecule has 1 rings (SSSR count). The number of hydrogen-bond acceptors (Lipinski definition) is 3. The molecule has 1 aromatic rings. The third kappa shape index (κ3) is 4.29. The predicted molar refractivity (Wildman–Crippen MR) is 71.3 cm³/mol. The number of benzene rings is 1. The van der Waals surface area contributed by atoms with Crippen LogP contribution in [0.25, 0.3) is 0 Å². The topological polar surface area (TPSA) is 52.9 Å². The van der Waals surface area contributed by atoms with Crippen molar-refractivity contribution >= 4 is 35.0 Å². The first-order valence-electron chi connectivity index (χ1n) is 5.16. The Bertz CT molecular complexity index is 454. The van der Waals surface area contributed by atoms with Crippen molar-refractivity contribution < 1.29 is 4.79 Å². The summed E-state index contributed by atoms with van der Waals surface area (Å²) in [7, 11) is 0. The first kappa shape index (κ1) is 13.9. The number of halogens is 1. The molecular weight excluding hydrogens is 256 g/mol. The van der Waals surface area contributed by atoms with Gasteiger partial charge in [0.1, 0.15) is 6.42 Å². The van der Waals surface area contributed by atoms with E-state index in [1.54, 1.807) is 30.0 Å². The molecule has 17 heavy (non-hydrogen) atoms. The van der Waals surface area contributed by atoms with Gasteiger partial charge < -0.3 is 5.32 Å². The Hall–Kier alpha value is -1.18. The molecule has 0 radical (unpaired) electrons. The van der Waals surface area contributed by atoms with Gasteiger partial charge in [-0.05, 0) is 12.1 Å². The van der Waals surface area contributed by atoms with Crippen LogP contribution in [0.2, 0.25) is 5.02 Å². The largest absolute Gasteiger partial charge is 0.324 e. The lowest BCUT2D eigenvalue weighted by Gasteiger charge is -2.13. The molecule has 0 atom stereocenters. The summed E-state index contributed by atoms with van der Waals surface area (Å²) >= 11 is 7.68. The van der Waals surface area contributed by atoms with Crippen LogP contribution in [0.1, 0.15) is 20.3 Å². The van der Waals surface area contributed by atoms with E-state index in [4.69, 9.17) is 16.9 Å². The number of anilines is 1. The molecule has 0 bridgehead atoms. The van der Waals surface area contributed by atoms with Gasteiger partial charge in [-0.15, -0.1) is 11.8 Å². The van der Waals surface area contributed by atoms with Crippen LogP contribution in [0.5, 0.6) is 0 Å². The van der Waals surface area contributed by atoms with Gasteiger partial charge >= 0.3 is 0 Å². The van der Waals surface area contributed by atoms with Crippen molar-refractivity contribution in [3.63, 3.8) is 0 Å². The minimum atomic E-state index is -0.319. The zero-order valence-corrected chi connectivity index (χ0v) is 11.2. The molecule has 0 aliphatic carbocycles. The van der Waals surface area contributed by atoms with Crippen LogP contribution in [0.3, 0.4) is 0 Å².